The Morgan fingerprint density at radius 2 is 1.89 bits per heavy atom. The zero-order valence-electron chi connectivity index (χ0n) is 16.5. The third kappa shape index (κ3) is 5.18. The first-order valence-electron chi connectivity index (χ1n) is 9.81. The lowest BCUT2D eigenvalue weighted by molar-refractivity contribution is 0.102. The highest BCUT2D eigenvalue weighted by atomic mass is 16.1. The largest absolute Gasteiger partial charge is 0.372 e. The van der Waals surface area contributed by atoms with E-state index in [-0.39, 0.29) is 5.91 Å². The van der Waals surface area contributed by atoms with Crippen molar-refractivity contribution in [3.05, 3.63) is 41.7 Å². The molecule has 3 rings (SSSR count). The van der Waals surface area contributed by atoms with Crippen molar-refractivity contribution in [2.24, 2.45) is 5.92 Å². The fourth-order valence-corrected chi connectivity index (χ4v) is 3.22. The summed E-state index contributed by atoms with van der Waals surface area (Å²) >= 11 is 0. The first kappa shape index (κ1) is 19.1. The molecule has 1 aromatic heterocycles. The number of aromatic nitrogens is 2. The fourth-order valence-electron chi connectivity index (χ4n) is 3.22. The average Bonchev–Trinajstić information content (AvgIpc) is 2.67. The van der Waals surface area contributed by atoms with Crippen molar-refractivity contribution in [3.63, 3.8) is 0 Å². The van der Waals surface area contributed by atoms with Crippen LogP contribution in [-0.2, 0) is 0 Å². The van der Waals surface area contributed by atoms with Crippen LogP contribution in [0.2, 0.25) is 0 Å². The van der Waals surface area contributed by atoms with Gasteiger partial charge in [-0.1, -0.05) is 13.8 Å². The van der Waals surface area contributed by atoms with Gasteiger partial charge in [0.1, 0.15) is 5.69 Å². The summed E-state index contributed by atoms with van der Waals surface area (Å²) in [4.78, 5) is 23.6. The van der Waals surface area contributed by atoms with Crippen molar-refractivity contribution in [2.75, 3.05) is 35.2 Å². The topological polar surface area (TPSA) is 70.2 Å². The van der Waals surface area contributed by atoms with Crippen LogP contribution in [0.4, 0.5) is 17.3 Å². The highest BCUT2D eigenvalue weighted by Gasteiger charge is 2.16. The van der Waals surface area contributed by atoms with Gasteiger partial charge in [-0.25, -0.2) is 9.97 Å². The standard InChI is InChI=1S/C21H29N5O/c1-4-11-22-21-23-16(3)14-19(25-21)20(27)24-17-5-7-18(8-6-17)26-12-9-15(2)10-13-26/h5-8,14-15H,4,9-13H2,1-3H3,(H,24,27)(H,22,23,25). The maximum atomic E-state index is 12.6. The number of anilines is 3. The van der Waals surface area contributed by atoms with E-state index in [0.29, 0.717) is 11.6 Å². The normalized spacial score (nSPS) is 14.9. The third-order valence-electron chi connectivity index (χ3n) is 4.89. The van der Waals surface area contributed by atoms with Gasteiger partial charge in [0, 0.05) is 36.7 Å². The molecule has 1 aromatic carbocycles. The highest BCUT2D eigenvalue weighted by molar-refractivity contribution is 6.03. The average molecular weight is 367 g/mol. The number of hydrogen-bond acceptors (Lipinski definition) is 5. The van der Waals surface area contributed by atoms with Crippen LogP contribution >= 0.6 is 0 Å². The number of piperidine rings is 1. The molecule has 0 bridgehead atoms. The number of amides is 1. The second-order valence-electron chi connectivity index (χ2n) is 7.32. The number of carbonyl (C=O) groups excluding carboxylic acids is 1. The van der Waals surface area contributed by atoms with Gasteiger partial charge >= 0.3 is 0 Å². The number of benzene rings is 1. The molecule has 2 aromatic rings. The van der Waals surface area contributed by atoms with E-state index >= 15 is 0 Å². The molecule has 27 heavy (non-hydrogen) atoms. The molecule has 6 nitrogen and oxygen atoms in total. The molecule has 1 saturated heterocycles. The van der Waals surface area contributed by atoms with Crippen molar-refractivity contribution < 1.29 is 4.79 Å². The van der Waals surface area contributed by atoms with E-state index in [1.54, 1.807) is 6.07 Å². The summed E-state index contributed by atoms with van der Waals surface area (Å²) in [6.45, 7) is 9.23. The first-order chi connectivity index (χ1) is 13.0. The third-order valence-corrected chi connectivity index (χ3v) is 4.89. The van der Waals surface area contributed by atoms with E-state index in [1.165, 1.54) is 18.5 Å². The summed E-state index contributed by atoms with van der Waals surface area (Å²) in [6.07, 6.45) is 3.45. The van der Waals surface area contributed by atoms with Crippen LogP contribution in [0.15, 0.2) is 30.3 Å². The Labute approximate surface area is 161 Å². The zero-order valence-corrected chi connectivity index (χ0v) is 16.5. The molecule has 2 N–H and O–H groups in total. The summed E-state index contributed by atoms with van der Waals surface area (Å²) in [5, 5.41) is 6.06. The Morgan fingerprint density at radius 3 is 2.56 bits per heavy atom. The predicted molar refractivity (Wildman–Crippen MR) is 111 cm³/mol. The molecule has 1 fully saturated rings. The van der Waals surface area contributed by atoms with Gasteiger partial charge in [-0.2, -0.15) is 0 Å². The number of rotatable bonds is 6. The maximum Gasteiger partial charge on any atom is 0.274 e. The van der Waals surface area contributed by atoms with Gasteiger partial charge in [0.15, 0.2) is 0 Å². The molecule has 1 amide bonds. The molecule has 2 heterocycles. The summed E-state index contributed by atoms with van der Waals surface area (Å²) in [7, 11) is 0. The van der Waals surface area contributed by atoms with Crippen LogP contribution in [0, 0.1) is 12.8 Å². The Morgan fingerprint density at radius 1 is 1.19 bits per heavy atom. The minimum absolute atomic E-state index is 0.223. The van der Waals surface area contributed by atoms with E-state index in [1.807, 2.05) is 19.1 Å². The molecule has 6 heteroatoms. The molecule has 0 aliphatic carbocycles. The molecule has 0 spiro atoms. The molecule has 1 aliphatic rings. The Hall–Kier alpha value is -2.63. The van der Waals surface area contributed by atoms with E-state index in [9.17, 15) is 4.79 Å². The highest BCUT2D eigenvalue weighted by Crippen LogP contribution is 2.24. The summed E-state index contributed by atoms with van der Waals surface area (Å²) in [5.74, 6) is 1.09. The zero-order chi connectivity index (χ0) is 19.2. The van der Waals surface area contributed by atoms with Gasteiger partial charge in [0.05, 0.1) is 0 Å². The monoisotopic (exact) mass is 367 g/mol. The Balaban J connectivity index is 1.65. The van der Waals surface area contributed by atoms with Gasteiger partial charge in [0.2, 0.25) is 5.95 Å². The van der Waals surface area contributed by atoms with Gasteiger partial charge in [0.25, 0.3) is 5.91 Å². The van der Waals surface area contributed by atoms with Crippen LogP contribution in [0.25, 0.3) is 0 Å². The van der Waals surface area contributed by atoms with Gasteiger partial charge in [-0.3, -0.25) is 4.79 Å². The molecular weight excluding hydrogens is 338 g/mol. The Bertz CT molecular complexity index is 767. The lowest BCUT2D eigenvalue weighted by Gasteiger charge is -2.32. The lowest BCUT2D eigenvalue weighted by Crippen LogP contribution is -2.32. The smallest absolute Gasteiger partial charge is 0.274 e. The van der Waals surface area contributed by atoms with Crippen molar-refractivity contribution in [1.29, 1.82) is 0 Å². The predicted octanol–water partition coefficient (Wildman–Crippen LogP) is 4.10. The molecule has 1 aliphatic heterocycles. The van der Waals surface area contributed by atoms with Crippen molar-refractivity contribution in [2.45, 2.75) is 40.0 Å². The molecule has 144 valence electrons. The lowest BCUT2D eigenvalue weighted by atomic mass is 9.99. The van der Waals surface area contributed by atoms with Crippen molar-refractivity contribution in [1.82, 2.24) is 9.97 Å². The van der Waals surface area contributed by atoms with Crippen LogP contribution in [0.1, 0.15) is 49.3 Å². The van der Waals surface area contributed by atoms with Crippen molar-refractivity contribution >= 4 is 23.2 Å². The van der Waals surface area contributed by atoms with Crippen LogP contribution in [0.5, 0.6) is 0 Å². The van der Waals surface area contributed by atoms with E-state index in [4.69, 9.17) is 0 Å². The van der Waals surface area contributed by atoms with E-state index in [0.717, 1.165) is 43.4 Å². The number of aryl methyl sites for hydroxylation is 1. The quantitative estimate of drug-likeness (QED) is 0.804. The Kier molecular flexibility index (Phi) is 6.27. The number of hydrogen-bond donors (Lipinski definition) is 2. The van der Waals surface area contributed by atoms with Gasteiger partial charge in [-0.05, 0) is 62.4 Å². The SMILES string of the molecule is CCCNc1nc(C)cc(C(=O)Nc2ccc(N3CCC(C)CC3)cc2)n1. The summed E-state index contributed by atoms with van der Waals surface area (Å²) in [5.41, 5.74) is 3.12. The van der Waals surface area contributed by atoms with Crippen LogP contribution in [-0.4, -0.2) is 35.5 Å². The summed E-state index contributed by atoms with van der Waals surface area (Å²) in [6, 6.07) is 9.76. The molecule has 0 saturated carbocycles. The summed E-state index contributed by atoms with van der Waals surface area (Å²) < 4.78 is 0. The second kappa shape index (κ2) is 8.84. The first-order valence-corrected chi connectivity index (χ1v) is 9.81. The second-order valence-corrected chi connectivity index (χ2v) is 7.32. The van der Waals surface area contributed by atoms with Crippen LogP contribution < -0.4 is 15.5 Å². The minimum Gasteiger partial charge on any atom is -0.372 e. The molecule has 0 radical (unpaired) electrons. The number of nitrogens with zero attached hydrogens (tertiary/aromatic N) is 3. The molecular formula is C21H29N5O. The van der Waals surface area contributed by atoms with Gasteiger partial charge < -0.3 is 15.5 Å². The number of carbonyl (C=O) groups is 1. The van der Waals surface area contributed by atoms with Crippen LogP contribution in [0.3, 0.4) is 0 Å². The van der Waals surface area contributed by atoms with E-state index < -0.39 is 0 Å². The number of nitrogens with one attached hydrogen (secondary N) is 2. The maximum absolute atomic E-state index is 12.6. The van der Waals surface area contributed by atoms with Gasteiger partial charge in [-0.15, -0.1) is 0 Å². The molecule has 0 unspecified atom stereocenters. The molecule has 0 atom stereocenters. The fraction of sp³-hybridized carbons (Fsp3) is 0.476. The van der Waals surface area contributed by atoms with Crippen molar-refractivity contribution in [3.8, 4) is 0 Å². The minimum atomic E-state index is -0.223. The van der Waals surface area contributed by atoms with E-state index in [2.05, 4.69) is 51.5 Å².